The summed E-state index contributed by atoms with van der Waals surface area (Å²) in [5.41, 5.74) is 1.68. The Balaban J connectivity index is 2.15. The number of carbonyl (C=O) groups is 2. The second kappa shape index (κ2) is 6.41. The fourth-order valence-corrected chi connectivity index (χ4v) is 2.02. The Morgan fingerprint density at radius 3 is 2.33 bits per heavy atom. The highest BCUT2D eigenvalue weighted by molar-refractivity contribution is 6.31. The number of halogens is 1. The van der Waals surface area contributed by atoms with Crippen LogP contribution in [0.4, 0.5) is 5.69 Å². The second-order valence-electron chi connectivity index (χ2n) is 4.62. The monoisotopic (exact) mass is 303 g/mol. The van der Waals surface area contributed by atoms with Crippen molar-refractivity contribution in [3.8, 4) is 0 Å². The molecule has 0 aliphatic rings. The molecule has 5 heteroatoms. The van der Waals surface area contributed by atoms with E-state index in [1.807, 2.05) is 0 Å². The summed E-state index contributed by atoms with van der Waals surface area (Å²) in [7, 11) is 0. The number of carbonyl (C=O) groups excluding carboxylic acids is 1. The molecule has 0 aromatic heterocycles. The van der Waals surface area contributed by atoms with Crippen LogP contribution < -0.4 is 5.32 Å². The van der Waals surface area contributed by atoms with E-state index in [4.69, 9.17) is 16.7 Å². The number of nitrogens with one attached hydrogen (secondary N) is 1. The summed E-state index contributed by atoms with van der Waals surface area (Å²) in [5, 5.41) is 12.2. The Hall–Kier alpha value is -2.33. The van der Waals surface area contributed by atoms with Gasteiger partial charge < -0.3 is 10.4 Å². The zero-order chi connectivity index (χ0) is 15.4. The van der Waals surface area contributed by atoms with Crippen molar-refractivity contribution in [3.05, 3.63) is 64.7 Å². The molecule has 0 amide bonds. The third-order valence-corrected chi connectivity index (χ3v) is 3.22. The van der Waals surface area contributed by atoms with Crippen molar-refractivity contribution in [2.45, 2.75) is 13.0 Å². The summed E-state index contributed by atoms with van der Waals surface area (Å²) in [6, 6.07) is 12.7. The minimum Gasteiger partial charge on any atom is -0.480 e. The van der Waals surface area contributed by atoms with Crippen molar-refractivity contribution >= 4 is 29.0 Å². The molecule has 2 aromatic carbocycles. The highest BCUT2D eigenvalue weighted by Gasteiger charge is 2.12. The SMILES string of the molecule is CC(Nc1ccc(C(=O)c2cccc(Cl)c2)cc1)C(=O)O. The Bertz CT molecular complexity index is 667. The van der Waals surface area contributed by atoms with E-state index >= 15 is 0 Å². The van der Waals surface area contributed by atoms with Crippen molar-refractivity contribution < 1.29 is 14.7 Å². The van der Waals surface area contributed by atoms with Gasteiger partial charge in [-0.05, 0) is 43.3 Å². The van der Waals surface area contributed by atoms with Gasteiger partial charge in [0.1, 0.15) is 6.04 Å². The van der Waals surface area contributed by atoms with Gasteiger partial charge >= 0.3 is 5.97 Å². The molecule has 0 aliphatic heterocycles. The van der Waals surface area contributed by atoms with Crippen LogP contribution in [0, 0.1) is 0 Å². The average molecular weight is 304 g/mol. The number of carboxylic acids is 1. The largest absolute Gasteiger partial charge is 0.480 e. The molecule has 0 bridgehead atoms. The average Bonchev–Trinajstić information content (AvgIpc) is 2.47. The number of hydrogen-bond donors (Lipinski definition) is 2. The minimum absolute atomic E-state index is 0.129. The summed E-state index contributed by atoms with van der Waals surface area (Å²) < 4.78 is 0. The molecular weight excluding hydrogens is 290 g/mol. The molecule has 0 saturated heterocycles. The number of rotatable bonds is 5. The lowest BCUT2D eigenvalue weighted by Crippen LogP contribution is -2.25. The quantitative estimate of drug-likeness (QED) is 0.830. The van der Waals surface area contributed by atoms with Crippen molar-refractivity contribution in [1.29, 1.82) is 0 Å². The van der Waals surface area contributed by atoms with Crippen molar-refractivity contribution in [2.24, 2.45) is 0 Å². The maximum atomic E-state index is 12.3. The van der Waals surface area contributed by atoms with Crippen molar-refractivity contribution in [3.63, 3.8) is 0 Å². The summed E-state index contributed by atoms with van der Waals surface area (Å²) >= 11 is 5.87. The molecule has 108 valence electrons. The van der Waals surface area contributed by atoms with Crippen LogP contribution in [0.25, 0.3) is 0 Å². The summed E-state index contributed by atoms with van der Waals surface area (Å²) in [6.07, 6.45) is 0. The first-order valence-electron chi connectivity index (χ1n) is 6.37. The molecule has 0 aliphatic carbocycles. The zero-order valence-electron chi connectivity index (χ0n) is 11.3. The van der Waals surface area contributed by atoms with Crippen LogP contribution in [0.5, 0.6) is 0 Å². The number of benzene rings is 2. The number of ketones is 1. The van der Waals surface area contributed by atoms with Gasteiger partial charge in [0.15, 0.2) is 5.78 Å². The molecule has 2 aromatic rings. The van der Waals surface area contributed by atoms with Gasteiger partial charge in [-0.1, -0.05) is 23.7 Å². The van der Waals surface area contributed by atoms with E-state index in [2.05, 4.69) is 5.32 Å². The number of carboxylic acid groups (broad SMARTS) is 1. The molecule has 2 rings (SSSR count). The summed E-state index contributed by atoms with van der Waals surface area (Å²) in [6.45, 7) is 1.55. The van der Waals surface area contributed by atoms with Crippen molar-refractivity contribution in [1.82, 2.24) is 0 Å². The van der Waals surface area contributed by atoms with Gasteiger partial charge in [-0.2, -0.15) is 0 Å². The fraction of sp³-hybridized carbons (Fsp3) is 0.125. The molecule has 21 heavy (non-hydrogen) atoms. The topological polar surface area (TPSA) is 66.4 Å². The molecule has 0 radical (unpaired) electrons. The van der Waals surface area contributed by atoms with Gasteiger partial charge in [-0.15, -0.1) is 0 Å². The van der Waals surface area contributed by atoms with Crippen molar-refractivity contribution in [2.75, 3.05) is 5.32 Å². The van der Waals surface area contributed by atoms with E-state index < -0.39 is 12.0 Å². The van der Waals surface area contributed by atoms with E-state index in [1.54, 1.807) is 55.5 Å². The Labute approximate surface area is 127 Å². The molecule has 0 heterocycles. The van der Waals surface area contributed by atoms with Gasteiger partial charge in [0.25, 0.3) is 0 Å². The fourth-order valence-electron chi connectivity index (χ4n) is 1.83. The van der Waals surface area contributed by atoms with Gasteiger partial charge in [0.2, 0.25) is 0 Å². The van der Waals surface area contributed by atoms with Crippen LogP contribution in [0.2, 0.25) is 5.02 Å². The summed E-state index contributed by atoms with van der Waals surface area (Å²) in [4.78, 5) is 23.0. The lowest BCUT2D eigenvalue weighted by molar-refractivity contribution is -0.137. The standard InChI is InChI=1S/C16H14ClNO3/c1-10(16(20)21)18-14-7-5-11(6-8-14)15(19)12-3-2-4-13(17)9-12/h2-10,18H,1H3,(H,20,21). The molecule has 1 unspecified atom stereocenters. The van der Waals surface area contributed by atoms with E-state index in [-0.39, 0.29) is 5.78 Å². The van der Waals surface area contributed by atoms with Crippen LogP contribution in [-0.2, 0) is 4.79 Å². The van der Waals surface area contributed by atoms with Gasteiger partial charge in [-0.25, -0.2) is 0 Å². The van der Waals surface area contributed by atoms with Gasteiger partial charge in [0, 0.05) is 21.8 Å². The second-order valence-corrected chi connectivity index (χ2v) is 5.06. The predicted molar refractivity (Wildman–Crippen MR) is 82.0 cm³/mol. The van der Waals surface area contributed by atoms with Gasteiger partial charge in [0.05, 0.1) is 0 Å². The van der Waals surface area contributed by atoms with E-state index in [9.17, 15) is 9.59 Å². The smallest absolute Gasteiger partial charge is 0.325 e. The molecule has 0 saturated carbocycles. The molecule has 1 atom stereocenters. The first kappa shape index (κ1) is 15.1. The van der Waals surface area contributed by atoms with Crippen LogP contribution in [0.1, 0.15) is 22.8 Å². The van der Waals surface area contributed by atoms with Crippen LogP contribution >= 0.6 is 11.6 Å². The third-order valence-electron chi connectivity index (χ3n) is 2.99. The maximum Gasteiger partial charge on any atom is 0.325 e. The minimum atomic E-state index is -0.936. The first-order chi connectivity index (χ1) is 9.97. The number of aliphatic carboxylic acids is 1. The lowest BCUT2D eigenvalue weighted by Gasteiger charge is -2.11. The molecule has 2 N–H and O–H groups in total. The highest BCUT2D eigenvalue weighted by atomic mass is 35.5. The number of hydrogen-bond acceptors (Lipinski definition) is 3. The van der Waals surface area contributed by atoms with Crippen LogP contribution in [-0.4, -0.2) is 22.9 Å². The molecule has 0 spiro atoms. The summed E-state index contributed by atoms with van der Waals surface area (Å²) in [5.74, 6) is -1.07. The molecule has 4 nitrogen and oxygen atoms in total. The Kier molecular flexibility index (Phi) is 4.60. The first-order valence-corrected chi connectivity index (χ1v) is 6.75. The molecule has 0 fully saturated rings. The highest BCUT2D eigenvalue weighted by Crippen LogP contribution is 2.17. The van der Waals surface area contributed by atoms with E-state index in [0.717, 1.165) is 0 Å². The van der Waals surface area contributed by atoms with Gasteiger partial charge in [-0.3, -0.25) is 9.59 Å². The Morgan fingerprint density at radius 2 is 1.76 bits per heavy atom. The Morgan fingerprint density at radius 1 is 1.10 bits per heavy atom. The predicted octanol–water partition coefficient (Wildman–Crippen LogP) is 3.46. The van der Waals surface area contributed by atoms with E-state index in [0.29, 0.717) is 21.8 Å². The van der Waals surface area contributed by atoms with Crippen LogP contribution in [0.3, 0.4) is 0 Å². The normalized spacial score (nSPS) is 11.7. The lowest BCUT2D eigenvalue weighted by atomic mass is 10.0. The number of anilines is 1. The van der Waals surface area contributed by atoms with E-state index in [1.165, 1.54) is 0 Å². The molecular formula is C16H14ClNO3. The maximum absolute atomic E-state index is 12.3. The third kappa shape index (κ3) is 3.83. The zero-order valence-corrected chi connectivity index (χ0v) is 12.1. The van der Waals surface area contributed by atoms with Crippen LogP contribution in [0.15, 0.2) is 48.5 Å².